The van der Waals surface area contributed by atoms with E-state index in [0.717, 1.165) is 6.92 Å². The number of phenols is 2. The summed E-state index contributed by atoms with van der Waals surface area (Å²) >= 11 is 0. The molecule has 2 aromatic rings. The number of nitrogens with one attached hydrogen (secondary N) is 1. The van der Waals surface area contributed by atoms with Crippen LogP contribution in [-0.4, -0.2) is 93.5 Å². The molecule has 0 radical (unpaired) electrons. The number of rotatable bonds is 8. The molecule has 1 aliphatic heterocycles. The molecule has 1 fully saturated rings. The number of carbonyl (C=O) groups excluding carboxylic acids is 4. The number of phenolic OH excluding ortho intramolecular Hbond substituents is 2. The monoisotopic (exact) mass is 685 g/mol. The first kappa shape index (κ1) is 38.8. The molecule has 0 bridgehead atoms. The zero-order valence-electron chi connectivity index (χ0n) is 26.4. The van der Waals surface area contributed by atoms with E-state index in [0.29, 0.717) is 0 Å². The number of aliphatic hydroxyl groups excluding tert-OH is 1. The van der Waals surface area contributed by atoms with E-state index in [9.17, 15) is 39.6 Å². The van der Waals surface area contributed by atoms with Gasteiger partial charge in [-0.1, -0.05) is 12.1 Å². The summed E-state index contributed by atoms with van der Waals surface area (Å²) in [5.74, 6) is -3.99. The number of Topliss-reactive ketones (excluding diaryl/α,β-unsaturated/α-hetero) is 1. The molecule has 250 valence electrons. The van der Waals surface area contributed by atoms with Crippen LogP contribution in [0.15, 0.2) is 18.2 Å². The molecular formula is C31H37ClN3NaO11. The van der Waals surface area contributed by atoms with Crippen LogP contribution in [-0.2, 0) is 25.5 Å². The number of benzene rings is 2. The van der Waals surface area contributed by atoms with Gasteiger partial charge >= 0.3 is 29.6 Å². The maximum atomic E-state index is 13.8. The minimum Gasteiger partial charge on any atom is -1.00 e. The number of hydrogen-bond acceptors (Lipinski definition) is 13. The Labute approximate surface area is 298 Å². The van der Waals surface area contributed by atoms with Gasteiger partial charge in [-0.25, -0.2) is 0 Å². The first-order valence-corrected chi connectivity index (χ1v) is 14.6. The van der Waals surface area contributed by atoms with Crippen molar-refractivity contribution in [2.24, 2.45) is 11.5 Å². The van der Waals surface area contributed by atoms with E-state index < -0.39 is 101 Å². The van der Waals surface area contributed by atoms with Gasteiger partial charge < -0.3 is 63.8 Å². The van der Waals surface area contributed by atoms with E-state index in [-0.39, 0.29) is 89.4 Å². The largest absolute Gasteiger partial charge is 1.00 e. The average Bonchev–Trinajstić information content (AvgIpc) is 2.99. The van der Waals surface area contributed by atoms with Crippen LogP contribution in [0.1, 0.15) is 82.2 Å². The van der Waals surface area contributed by atoms with Gasteiger partial charge in [-0.3, -0.25) is 19.2 Å². The molecule has 9 N–H and O–H groups in total. The van der Waals surface area contributed by atoms with Crippen LogP contribution in [0, 0.1) is 0 Å². The van der Waals surface area contributed by atoms with Gasteiger partial charge in [0.05, 0.1) is 48.1 Å². The fraction of sp³-hybridized carbons (Fsp3) is 0.484. The zero-order chi connectivity index (χ0) is 33.0. The maximum absolute atomic E-state index is 13.8. The molecule has 1 heterocycles. The average molecular weight is 686 g/mol. The third-order valence-corrected chi connectivity index (χ3v) is 8.90. The normalized spacial score (nSPS) is 26.8. The van der Waals surface area contributed by atoms with E-state index in [2.05, 4.69) is 5.32 Å². The van der Waals surface area contributed by atoms with Crippen molar-refractivity contribution in [3.63, 3.8) is 0 Å². The number of aromatic hydroxyl groups is 2. The van der Waals surface area contributed by atoms with Crippen molar-refractivity contribution >= 4 is 23.3 Å². The maximum Gasteiger partial charge on any atom is 1.00 e. The number of fused-ring (bicyclic) bond motifs is 3. The molecule has 0 aromatic heterocycles. The van der Waals surface area contributed by atoms with Crippen LogP contribution in [0.25, 0.3) is 0 Å². The molecule has 3 aliphatic rings. The fourth-order valence-corrected chi connectivity index (χ4v) is 6.37. The molecule has 5 rings (SSSR count). The second-order valence-corrected chi connectivity index (χ2v) is 11.8. The third kappa shape index (κ3) is 6.81. The Balaban J connectivity index is 0.00000300. The number of amides is 1. The number of carbonyl (C=O) groups is 4. The SMILES string of the molecule is COc1cccc2c1C(=O)c1c(O)c3c(c(O)c1C2=O)C[C@@](O)(C(C)=O)C[C@@H]3OC1CC(NC(=O)C(N)CCN)C(O)C(C)O1.[Cl-].[Na+]. The minimum atomic E-state index is -2.08. The molecule has 1 amide bonds. The standard InChI is InChI=1S/C31H37N3O11.ClH.Na/c1-12-25(36)17(34-30(41)16(33)7-8-32)9-20(44-12)45-19-11-31(42,13(2)35)10-15-22(19)29(40)24-23(27(15)38)26(37)14-5-4-6-18(43-3)21(14)28(24)39;;/h4-6,12,16-17,19-20,25,36,38,40,42H,7-11,32-33H2,1-3H3,(H,34,41);1H;/q;;+1/p-1/t12?,16?,17?,19-,20?,25?,31-;;/m0../s1. The summed E-state index contributed by atoms with van der Waals surface area (Å²) in [7, 11) is 1.32. The first-order chi connectivity index (χ1) is 21.2. The van der Waals surface area contributed by atoms with E-state index in [1.165, 1.54) is 25.3 Å². The molecule has 1 saturated heterocycles. The van der Waals surface area contributed by atoms with Crippen LogP contribution in [0.3, 0.4) is 0 Å². The summed E-state index contributed by atoms with van der Waals surface area (Å²) in [5.41, 5.74) is 7.96. The third-order valence-electron chi connectivity index (χ3n) is 8.90. The summed E-state index contributed by atoms with van der Waals surface area (Å²) in [6, 6.07) is 2.59. The molecular weight excluding hydrogens is 649 g/mol. The molecule has 16 heteroatoms. The van der Waals surface area contributed by atoms with Gasteiger partial charge in [0.25, 0.3) is 0 Å². The zero-order valence-corrected chi connectivity index (χ0v) is 29.2. The minimum absolute atomic E-state index is 0. The second-order valence-electron chi connectivity index (χ2n) is 11.8. The number of ether oxygens (including phenoxy) is 3. The Hall–Kier alpha value is -2.63. The summed E-state index contributed by atoms with van der Waals surface area (Å²) in [6.45, 7) is 2.88. The van der Waals surface area contributed by atoms with Crippen molar-refractivity contribution in [1.82, 2.24) is 5.32 Å². The number of methoxy groups -OCH3 is 1. The van der Waals surface area contributed by atoms with Crippen LogP contribution in [0.4, 0.5) is 0 Å². The van der Waals surface area contributed by atoms with Crippen molar-refractivity contribution in [3.05, 3.63) is 51.6 Å². The number of halogens is 1. The van der Waals surface area contributed by atoms with Gasteiger partial charge in [0, 0.05) is 36.0 Å². The van der Waals surface area contributed by atoms with Crippen molar-refractivity contribution in [2.45, 2.75) is 81.8 Å². The molecule has 0 saturated carbocycles. The molecule has 14 nitrogen and oxygen atoms in total. The van der Waals surface area contributed by atoms with Crippen molar-refractivity contribution < 1.29 is 95.8 Å². The van der Waals surface area contributed by atoms with E-state index in [4.69, 9.17) is 25.7 Å². The molecule has 2 aromatic carbocycles. The molecule has 5 unspecified atom stereocenters. The van der Waals surface area contributed by atoms with Gasteiger partial charge in [-0.15, -0.1) is 0 Å². The summed E-state index contributed by atoms with van der Waals surface area (Å²) < 4.78 is 17.3. The van der Waals surface area contributed by atoms with Gasteiger partial charge in [0.2, 0.25) is 11.7 Å². The number of hydrogen-bond donors (Lipinski definition) is 7. The van der Waals surface area contributed by atoms with Gasteiger partial charge in [0.15, 0.2) is 17.9 Å². The number of nitrogens with two attached hydrogens (primary N) is 2. The van der Waals surface area contributed by atoms with Crippen LogP contribution in [0.2, 0.25) is 0 Å². The number of ketones is 3. The number of aliphatic hydroxyl groups is 2. The topological polar surface area (TPSA) is 241 Å². The summed E-state index contributed by atoms with van der Waals surface area (Å²) in [6.07, 6.45) is -5.28. The predicted octanol–water partition coefficient (Wildman–Crippen LogP) is -6.13. The molecule has 2 aliphatic carbocycles. The quantitative estimate of drug-likeness (QED) is 0.0864. The van der Waals surface area contributed by atoms with Crippen molar-refractivity contribution in [2.75, 3.05) is 13.7 Å². The molecule has 7 atom stereocenters. The Morgan fingerprint density at radius 1 is 1.15 bits per heavy atom. The van der Waals surface area contributed by atoms with E-state index in [1.807, 2.05) is 0 Å². The van der Waals surface area contributed by atoms with Crippen molar-refractivity contribution in [3.8, 4) is 17.2 Å². The second kappa shape index (κ2) is 14.9. The van der Waals surface area contributed by atoms with E-state index >= 15 is 0 Å². The van der Waals surface area contributed by atoms with Crippen molar-refractivity contribution in [1.29, 1.82) is 0 Å². The smallest absolute Gasteiger partial charge is 1.00 e. The van der Waals surface area contributed by atoms with Gasteiger partial charge in [0.1, 0.15) is 29.0 Å². The molecule has 47 heavy (non-hydrogen) atoms. The van der Waals surface area contributed by atoms with Gasteiger partial charge in [-0.2, -0.15) is 0 Å². The fourth-order valence-electron chi connectivity index (χ4n) is 6.37. The Kier molecular flexibility index (Phi) is 12.3. The summed E-state index contributed by atoms with van der Waals surface area (Å²) in [5, 5.41) is 47.9. The van der Waals surface area contributed by atoms with Crippen LogP contribution in [0.5, 0.6) is 17.2 Å². The Bertz CT molecular complexity index is 1590. The first-order valence-electron chi connectivity index (χ1n) is 14.6. The predicted molar refractivity (Wildman–Crippen MR) is 156 cm³/mol. The molecule has 0 spiro atoms. The Morgan fingerprint density at radius 2 is 1.81 bits per heavy atom. The van der Waals surface area contributed by atoms with Gasteiger partial charge in [-0.05, 0) is 32.9 Å². The van der Waals surface area contributed by atoms with Crippen LogP contribution < -0.4 is 63.5 Å². The summed E-state index contributed by atoms with van der Waals surface area (Å²) in [4.78, 5) is 52.7. The Morgan fingerprint density at radius 3 is 2.43 bits per heavy atom. The van der Waals surface area contributed by atoms with Crippen LogP contribution >= 0.6 is 0 Å². The van der Waals surface area contributed by atoms with E-state index in [1.54, 1.807) is 6.92 Å².